The SMILES string of the molecule is Cc1cc(C)c2c(=O)c3c(oc2c1)C(=O)N(Cc1ccccc1Cl)C3c1cccc(Br)c1. The van der Waals surface area contributed by atoms with Crippen LogP contribution in [0.1, 0.15) is 44.4 Å². The first-order valence-corrected chi connectivity index (χ1v) is 11.4. The Hall–Kier alpha value is -2.89. The molecule has 2 heterocycles. The molecule has 4 aromatic rings. The van der Waals surface area contributed by atoms with E-state index in [2.05, 4.69) is 15.9 Å². The fourth-order valence-electron chi connectivity index (χ4n) is 4.51. The van der Waals surface area contributed by atoms with Crippen molar-refractivity contribution >= 4 is 44.4 Å². The molecule has 0 saturated heterocycles. The van der Waals surface area contributed by atoms with Crippen LogP contribution in [0.25, 0.3) is 11.0 Å². The van der Waals surface area contributed by atoms with Crippen LogP contribution in [0.3, 0.4) is 0 Å². The molecule has 4 nitrogen and oxygen atoms in total. The van der Waals surface area contributed by atoms with E-state index in [0.29, 0.717) is 21.6 Å². The number of carbonyl (C=O) groups is 1. The van der Waals surface area contributed by atoms with Gasteiger partial charge in [-0.3, -0.25) is 9.59 Å². The molecule has 1 amide bonds. The predicted octanol–water partition coefficient (Wildman–Crippen LogP) is 6.57. The Kier molecular flexibility index (Phi) is 5.19. The minimum atomic E-state index is -0.576. The van der Waals surface area contributed by atoms with Crippen molar-refractivity contribution in [3.05, 3.63) is 114 Å². The van der Waals surface area contributed by atoms with Crippen molar-refractivity contribution in [3.8, 4) is 0 Å². The minimum Gasteiger partial charge on any atom is -0.450 e. The summed E-state index contributed by atoms with van der Waals surface area (Å²) in [6, 6.07) is 18.3. The van der Waals surface area contributed by atoms with Crippen LogP contribution in [0, 0.1) is 13.8 Å². The quantitative estimate of drug-likeness (QED) is 0.314. The van der Waals surface area contributed by atoms with Gasteiger partial charge in [-0.05, 0) is 60.4 Å². The zero-order valence-corrected chi connectivity index (χ0v) is 19.8. The van der Waals surface area contributed by atoms with Crippen LogP contribution in [0.2, 0.25) is 5.02 Å². The number of fused-ring (bicyclic) bond motifs is 2. The van der Waals surface area contributed by atoms with Gasteiger partial charge in [0, 0.05) is 16.0 Å². The van der Waals surface area contributed by atoms with E-state index < -0.39 is 6.04 Å². The number of carbonyl (C=O) groups excluding carboxylic acids is 1. The highest BCUT2D eigenvalue weighted by molar-refractivity contribution is 9.10. The van der Waals surface area contributed by atoms with E-state index >= 15 is 0 Å². The van der Waals surface area contributed by atoms with Crippen molar-refractivity contribution in [2.24, 2.45) is 0 Å². The van der Waals surface area contributed by atoms with Gasteiger partial charge in [-0.25, -0.2) is 0 Å². The normalized spacial score (nSPS) is 15.4. The van der Waals surface area contributed by atoms with E-state index in [4.69, 9.17) is 16.0 Å². The maximum absolute atomic E-state index is 13.8. The van der Waals surface area contributed by atoms with Crippen molar-refractivity contribution < 1.29 is 9.21 Å². The zero-order chi connectivity index (χ0) is 22.6. The summed E-state index contributed by atoms with van der Waals surface area (Å²) in [4.78, 5) is 29.0. The largest absolute Gasteiger partial charge is 0.450 e. The molecular weight excluding hydrogens is 490 g/mol. The molecule has 1 aromatic heterocycles. The van der Waals surface area contributed by atoms with E-state index in [1.54, 1.807) is 11.0 Å². The summed E-state index contributed by atoms with van der Waals surface area (Å²) in [7, 11) is 0. The van der Waals surface area contributed by atoms with Gasteiger partial charge < -0.3 is 9.32 Å². The van der Waals surface area contributed by atoms with Gasteiger partial charge in [0.15, 0.2) is 5.43 Å². The van der Waals surface area contributed by atoms with Crippen molar-refractivity contribution in [3.63, 3.8) is 0 Å². The number of hydrogen-bond donors (Lipinski definition) is 0. The van der Waals surface area contributed by atoms with E-state index in [1.807, 2.05) is 68.4 Å². The lowest BCUT2D eigenvalue weighted by Gasteiger charge is -2.25. The number of amides is 1. The first kappa shape index (κ1) is 21.0. The van der Waals surface area contributed by atoms with Gasteiger partial charge in [0.05, 0.1) is 17.0 Å². The standard InChI is InChI=1S/C26H19BrClNO3/c1-14-10-15(2)21-20(11-14)32-25-22(24(21)30)23(16-7-5-8-18(27)12-16)29(26(25)31)13-17-6-3-4-9-19(17)28/h3-12,23H,13H2,1-2H3. The molecule has 0 aliphatic carbocycles. The lowest BCUT2D eigenvalue weighted by atomic mass is 9.97. The number of aryl methyl sites for hydroxylation is 2. The molecular formula is C26H19BrClNO3. The molecule has 1 atom stereocenters. The average Bonchev–Trinajstić information content (AvgIpc) is 3.01. The van der Waals surface area contributed by atoms with Gasteiger partial charge in [-0.1, -0.05) is 63.9 Å². The molecule has 0 spiro atoms. The Morgan fingerprint density at radius 1 is 1.03 bits per heavy atom. The average molecular weight is 509 g/mol. The molecule has 0 radical (unpaired) electrons. The van der Waals surface area contributed by atoms with E-state index in [1.165, 1.54) is 0 Å². The highest BCUT2D eigenvalue weighted by atomic mass is 79.9. The zero-order valence-electron chi connectivity index (χ0n) is 17.5. The fourth-order valence-corrected chi connectivity index (χ4v) is 5.12. The number of rotatable bonds is 3. The summed E-state index contributed by atoms with van der Waals surface area (Å²) in [6.07, 6.45) is 0. The van der Waals surface area contributed by atoms with Crippen molar-refractivity contribution in [1.82, 2.24) is 4.90 Å². The first-order valence-electron chi connectivity index (χ1n) is 10.2. The Bertz CT molecular complexity index is 1460. The lowest BCUT2D eigenvalue weighted by Crippen LogP contribution is -2.29. The second kappa shape index (κ2) is 7.91. The predicted molar refractivity (Wildman–Crippen MR) is 129 cm³/mol. The Balaban J connectivity index is 1.78. The third-order valence-electron chi connectivity index (χ3n) is 5.88. The van der Waals surface area contributed by atoms with Crippen LogP contribution in [0.5, 0.6) is 0 Å². The van der Waals surface area contributed by atoms with Gasteiger partial charge in [0.1, 0.15) is 5.58 Å². The highest BCUT2D eigenvalue weighted by Gasteiger charge is 2.43. The van der Waals surface area contributed by atoms with Crippen LogP contribution in [0.4, 0.5) is 0 Å². The highest BCUT2D eigenvalue weighted by Crippen LogP contribution is 2.40. The molecule has 5 rings (SSSR count). The van der Waals surface area contributed by atoms with Crippen molar-refractivity contribution in [1.29, 1.82) is 0 Å². The van der Waals surface area contributed by atoms with Gasteiger partial charge >= 0.3 is 0 Å². The second-order valence-electron chi connectivity index (χ2n) is 8.11. The van der Waals surface area contributed by atoms with Gasteiger partial charge in [-0.2, -0.15) is 0 Å². The van der Waals surface area contributed by atoms with Crippen molar-refractivity contribution in [2.75, 3.05) is 0 Å². The Morgan fingerprint density at radius 2 is 1.81 bits per heavy atom. The summed E-state index contributed by atoms with van der Waals surface area (Å²) < 4.78 is 6.97. The number of benzene rings is 3. The third-order valence-corrected chi connectivity index (χ3v) is 6.74. The maximum Gasteiger partial charge on any atom is 0.291 e. The molecule has 0 fully saturated rings. The van der Waals surface area contributed by atoms with Gasteiger partial charge in [0.25, 0.3) is 5.91 Å². The number of halogens is 2. The fraction of sp³-hybridized carbons (Fsp3) is 0.154. The van der Waals surface area contributed by atoms with E-state index in [9.17, 15) is 9.59 Å². The molecule has 1 aliphatic heterocycles. The van der Waals surface area contributed by atoms with Crippen LogP contribution in [-0.4, -0.2) is 10.8 Å². The summed E-state index contributed by atoms with van der Waals surface area (Å²) >= 11 is 9.92. The Labute approximate surface area is 198 Å². The Morgan fingerprint density at radius 3 is 2.56 bits per heavy atom. The molecule has 160 valence electrons. The molecule has 0 bridgehead atoms. The number of hydrogen-bond acceptors (Lipinski definition) is 3. The first-order chi connectivity index (χ1) is 15.3. The summed E-state index contributed by atoms with van der Waals surface area (Å²) in [5.74, 6) is -0.215. The minimum absolute atomic E-state index is 0.101. The molecule has 1 aliphatic rings. The second-order valence-corrected chi connectivity index (χ2v) is 9.43. The molecule has 3 aromatic carbocycles. The van der Waals surface area contributed by atoms with E-state index in [0.717, 1.165) is 26.7 Å². The molecule has 0 saturated carbocycles. The molecule has 1 unspecified atom stereocenters. The summed E-state index contributed by atoms with van der Waals surface area (Å²) in [5, 5.41) is 1.09. The van der Waals surface area contributed by atoms with Crippen LogP contribution >= 0.6 is 27.5 Å². The maximum atomic E-state index is 13.8. The monoisotopic (exact) mass is 507 g/mol. The van der Waals surface area contributed by atoms with Crippen LogP contribution < -0.4 is 5.43 Å². The van der Waals surface area contributed by atoms with Crippen LogP contribution in [0.15, 0.2) is 74.3 Å². The smallest absolute Gasteiger partial charge is 0.291 e. The summed E-state index contributed by atoms with van der Waals surface area (Å²) in [6.45, 7) is 4.09. The number of nitrogens with zero attached hydrogens (tertiary/aromatic N) is 1. The molecule has 32 heavy (non-hydrogen) atoms. The van der Waals surface area contributed by atoms with Crippen LogP contribution in [-0.2, 0) is 6.54 Å². The topological polar surface area (TPSA) is 50.5 Å². The third kappa shape index (κ3) is 3.37. The molecule has 0 N–H and O–H groups in total. The van der Waals surface area contributed by atoms with Crippen molar-refractivity contribution in [2.45, 2.75) is 26.4 Å². The summed E-state index contributed by atoms with van der Waals surface area (Å²) in [5.41, 5.74) is 4.08. The van der Waals surface area contributed by atoms with Gasteiger partial charge in [0.2, 0.25) is 5.76 Å². The molecule has 6 heteroatoms. The van der Waals surface area contributed by atoms with Gasteiger partial charge in [-0.15, -0.1) is 0 Å². The van der Waals surface area contributed by atoms with E-state index in [-0.39, 0.29) is 23.6 Å². The lowest BCUT2D eigenvalue weighted by molar-refractivity contribution is 0.0714.